The number of thiazole rings is 1. The van der Waals surface area contributed by atoms with Crippen LogP contribution in [-0.4, -0.2) is 53.1 Å². The number of hydrogen-bond acceptors (Lipinski definition) is 9. The van der Waals surface area contributed by atoms with Gasteiger partial charge in [-0.1, -0.05) is 34.7 Å². The van der Waals surface area contributed by atoms with Crippen LogP contribution in [0, 0.1) is 10.8 Å². The molecule has 1 saturated heterocycles. The average Bonchev–Trinajstić information content (AvgIpc) is 3.45. The lowest BCUT2D eigenvalue weighted by Gasteiger charge is -2.22. The minimum absolute atomic E-state index is 0.159. The maximum Gasteiger partial charge on any atom is 0.280 e. The Labute approximate surface area is 196 Å². The van der Waals surface area contributed by atoms with Crippen molar-refractivity contribution in [3.8, 4) is 0 Å². The fraction of sp³-hybridized carbons (Fsp3) is 0.478. The molecule has 2 atom stereocenters. The van der Waals surface area contributed by atoms with Gasteiger partial charge in [0, 0.05) is 24.7 Å². The van der Waals surface area contributed by atoms with E-state index in [2.05, 4.69) is 47.8 Å². The summed E-state index contributed by atoms with van der Waals surface area (Å²) < 4.78 is 0. The van der Waals surface area contributed by atoms with E-state index in [1.165, 1.54) is 23.2 Å². The van der Waals surface area contributed by atoms with E-state index in [-0.39, 0.29) is 17.9 Å². The van der Waals surface area contributed by atoms with Crippen LogP contribution in [0.3, 0.4) is 0 Å². The molecule has 1 fully saturated rings. The van der Waals surface area contributed by atoms with Gasteiger partial charge in [0.2, 0.25) is 0 Å². The predicted molar refractivity (Wildman–Crippen MR) is 129 cm³/mol. The predicted octanol–water partition coefficient (Wildman–Crippen LogP) is 3.60. The van der Waals surface area contributed by atoms with Crippen molar-refractivity contribution in [1.82, 2.24) is 25.6 Å². The molecule has 2 unspecified atom stereocenters. The second kappa shape index (κ2) is 9.48. The van der Waals surface area contributed by atoms with E-state index in [9.17, 15) is 9.70 Å². The summed E-state index contributed by atoms with van der Waals surface area (Å²) in [6.45, 7) is 5.19. The molecule has 1 aromatic carbocycles. The molecular formula is C23H27N7O2S. The molecule has 172 valence electrons. The smallest absolute Gasteiger partial charge is 0.280 e. The lowest BCUT2D eigenvalue weighted by atomic mass is 9.95. The Hall–Kier alpha value is -2.98. The normalized spacial score (nSPS) is 19.4. The molecule has 2 aliphatic heterocycles. The number of hydrogen-bond donors (Lipinski definition) is 2. The summed E-state index contributed by atoms with van der Waals surface area (Å²) in [5.41, 5.74) is 2.85. The second-order valence-electron chi connectivity index (χ2n) is 8.83. The number of rotatable bonds is 7. The Bertz CT molecular complexity index is 1160. The van der Waals surface area contributed by atoms with Crippen LogP contribution < -0.4 is 15.5 Å². The molecule has 4 heterocycles. The molecule has 2 aromatic heterocycles. The summed E-state index contributed by atoms with van der Waals surface area (Å²) in [6, 6.07) is 7.90. The highest BCUT2D eigenvalue weighted by atomic mass is 32.1. The molecule has 0 bridgehead atoms. The minimum atomic E-state index is -0.261. The van der Waals surface area contributed by atoms with Gasteiger partial charge in [-0.25, -0.2) is 15.0 Å². The van der Waals surface area contributed by atoms with Crippen molar-refractivity contribution in [2.75, 3.05) is 31.1 Å². The van der Waals surface area contributed by atoms with Gasteiger partial charge in [0.05, 0.1) is 6.04 Å². The number of carbonyl (C=O) groups is 1. The molecule has 0 radical (unpaired) electrons. The monoisotopic (exact) mass is 465 g/mol. The first-order chi connectivity index (χ1) is 16.1. The zero-order valence-electron chi connectivity index (χ0n) is 18.5. The topological polar surface area (TPSA) is 112 Å². The zero-order chi connectivity index (χ0) is 22.8. The van der Waals surface area contributed by atoms with Gasteiger partial charge in [0.15, 0.2) is 10.8 Å². The van der Waals surface area contributed by atoms with Gasteiger partial charge in [-0.3, -0.25) is 4.79 Å². The third-order valence-electron chi connectivity index (χ3n) is 6.51. The number of piperidine rings is 1. The number of aromatic nitrogens is 3. The molecule has 10 heteroatoms. The lowest BCUT2D eigenvalue weighted by Crippen LogP contribution is -2.35. The van der Waals surface area contributed by atoms with Crippen LogP contribution in [0.15, 0.2) is 35.8 Å². The van der Waals surface area contributed by atoms with Crippen molar-refractivity contribution in [2.45, 2.75) is 38.1 Å². The van der Waals surface area contributed by atoms with Crippen LogP contribution >= 0.6 is 11.3 Å². The Morgan fingerprint density at radius 2 is 2.12 bits per heavy atom. The maximum atomic E-state index is 12.8. The average molecular weight is 466 g/mol. The SMILES string of the molecule is CC(CC1CN(c2ncnc3sc(C(=O)NCC4CCNCC4)nc23)c2ccccc21)N=O. The van der Waals surface area contributed by atoms with Crippen LogP contribution in [-0.2, 0) is 0 Å². The zero-order valence-corrected chi connectivity index (χ0v) is 19.3. The van der Waals surface area contributed by atoms with E-state index in [0.29, 0.717) is 46.6 Å². The van der Waals surface area contributed by atoms with Crippen LogP contribution in [0.25, 0.3) is 10.3 Å². The van der Waals surface area contributed by atoms with Gasteiger partial charge >= 0.3 is 0 Å². The quantitative estimate of drug-likeness (QED) is 0.513. The summed E-state index contributed by atoms with van der Waals surface area (Å²) >= 11 is 1.29. The maximum absolute atomic E-state index is 12.8. The molecule has 0 aliphatic carbocycles. The summed E-state index contributed by atoms with van der Waals surface area (Å²) in [5, 5.41) is 9.99. The standard InChI is InChI=1S/C23H27N7O2S/c1-14(29-32)10-16-12-30(18-5-3-2-4-17(16)18)20-19-22(27-13-26-20)33-23(28-19)21(31)25-11-15-6-8-24-9-7-15/h2-5,13-16,24H,6-12H2,1H3,(H,25,31). The molecule has 2 aliphatic rings. The van der Waals surface area contributed by atoms with E-state index in [0.717, 1.165) is 31.6 Å². The number of para-hydroxylation sites is 1. The van der Waals surface area contributed by atoms with Gasteiger partial charge in [0.1, 0.15) is 16.7 Å². The van der Waals surface area contributed by atoms with E-state index in [1.807, 2.05) is 19.1 Å². The Balaban J connectivity index is 1.40. The molecular weight excluding hydrogens is 438 g/mol. The van der Waals surface area contributed by atoms with Crippen LogP contribution in [0.5, 0.6) is 0 Å². The fourth-order valence-corrected chi connectivity index (χ4v) is 5.61. The lowest BCUT2D eigenvalue weighted by molar-refractivity contribution is 0.0944. The van der Waals surface area contributed by atoms with Crippen molar-refractivity contribution in [3.05, 3.63) is 46.1 Å². The molecule has 1 amide bonds. The van der Waals surface area contributed by atoms with E-state index in [4.69, 9.17) is 0 Å². The van der Waals surface area contributed by atoms with E-state index in [1.54, 1.807) is 0 Å². The molecule has 9 nitrogen and oxygen atoms in total. The van der Waals surface area contributed by atoms with Gasteiger partial charge in [0.25, 0.3) is 5.91 Å². The first kappa shape index (κ1) is 21.8. The largest absolute Gasteiger partial charge is 0.350 e. The number of nitroso groups, excluding NO2 is 1. The van der Waals surface area contributed by atoms with Crippen LogP contribution in [0.1, 0.15) is 47.5 Å². The summed E-state index contributed by atoms with van der Waals surface area (Å²) in [7, 11) is 0. The third-order valence-corrected chi connectivity index (χ3v) is 7.47. The molecule has 5 rings (SSSR count). The number of carbonyl (C=O) groups excluding carboxylic acids is 1. The van der Waals surface area contributed by atoms with Crippen molar-refractivity contribution < 1.29 is 4.79 Å². The highest BCUT2D eigenvalue weighted by molar-refractivity contribution is 7.19. The molecule has 3 aromatic rings. The number of nitrogens with zero attached hydrogens (tertiary/aromatic N) is 5. The van der Waals surface area contributed by atoms with Crippen molar-refractivity contribution >= 4 is 39.1 Å². The minimum Gasteiger partial charge on any atom is -0.350 e. The van der Waals surface area contributed by atoms with Gasteiger partial charge in [-0.15, -0.1) is 0 Å². The first-order valence-electron chi connectivity index (χ1n) is 11.4. The van der Waals surface area contributed by atoms with Crippen LogP contribution in [0.2, 0.25) is 0 Å². The Morgan fingerprint density at radius 1 is 1.30 bits per heavy atom. The molecule has 0 spiro atoms. The van der Waals surface area contributed by atoms with Gasteiger partial charge in [-0.05, 0) is 56.8 Å². The van der Waals surface area contributed by atoms with Crippen molar-refractivity contribution in [3.63, 3.8) is 0 Å². The van der Waals surface area contributed by atoms with Crippen molar-refractivity contribution in [1.29, 1.82) is 0 Å². The second-order valence-corrected chi connectivity index (χ2v) is 9.81. The number of fused-ring (bicyclic) bond motifs is 2. The summed E-state index contributed by atoms with van der Waals surface area (Å²) in [4.78, 5) is 40.2. The van der Waals surface area contributed by atoms with Crippen molar-refractivity contribution in [2.24, 2.45) is 11.1 Å². The number of amides is 1. The number of benzene rings is 1. The molecule has 2 N–H and O–H groups in total. The first-order valence-corrected chi connectivity index (χ1v) is 12.2. The number of nitrogens with one attached hydrogen (secondary N) is 2. The summed E-state index contributed by atoms with van der Waals surface area (Å²) in [5.74, 6) is 1.20. The highest BCUT2D eigenvalue weighted by Gasteiger charge is 2.33. The van der Waals surface area contributed by atoms with Gasteiger partial charge < -0.3 is 15.5 Å². The molecule has 0 saturated carbocycles. The third kappa shape index (κ3) is 4.45. The fourth-order valence-electron chi connectivity index (χ4n) is 4.79. The number of anilines is 2. The van der Waals surface area contributed by atoms with Gasteiger partial charge in [-0.2, -0.15) is 4.91 Å². The highest BCUT2D eigenvalue weighted by Crippen LogP contribution is 2.44. The van der Waals surface area contributed by atoms with Crippen LogP contribution in [0.4, 0.5) is 11.5 Å². The molecule has 33 heavy (non-hydrogen) atoms. The van der Waals surface area contributed by atoms with E-state index >= 15 is 0 Å². The Morgan fingerprint density at radius 3 is 2.94 bits per heavy atom. The summed E-state index contributed by atoms with van der Waals surface area (Å²) in [6.07, 6.45) is 4.35. The van der Waals surface area contributed by atoms with E-state index < -0.39 is 0 Å². The Kier molecular flexibility index (Phi) is 6.28.